The Morgan fingerprint density at radius 1 is 1.32 bits per heavy atom. The first-order chi connectivity index (χ1) is 9.15. The van der Waals surface area contributed by atoms with Gasteiger partial charge >= 0.3 is 0 Å². The van der Waals surface area contributed by atoms with Gasteiger partial charge < -0.3 is 9.26 Å². The van der Waals surface area contributed by atoms with E-state index < -0.39 is 0 Å². The zero-order valence-corrected chi connectivity index (χ0v) is 11.7. The summed E-state index contributed by atoms with van der Waals surface area (Å²) in [6.45, 7) is 2.00. The highest BCUT2D eigenvalue weighted by Gasteiger charge is 2.18. The van der Waals surface area contributed by atoms with Crippen molar-refractivity contribution in [3.8, 4) is 0 Å². The number of hydrogen-bond donors (Lipinski definition) is 0. The normalized spacial score (nSPS) is 20.0. The van der Waals surface area contributed by atoms with E-state index in [1.165, 1.54) is 4.74 Å². The van der Waals surface area contributed by atoms with Gasteiger partial charge in [-0.2, -0.15) is 4.74 Å². The maximum atomic E-state index is 12.2. The van der Waals surface area contributed by atoms with Crippen LogP contribution in [0.3, 0.4) is 0 Å². The molecule has 4 nitrogen and oxygen atoms in total. The zero-order valence-electron chi connectivity index (χ0n) is 10.2. The fraction of sp³-hybridized carbons (Fsp3) is 0.462. The first-order valence-corrected chi connectivity index (χ1v) is 6.97. The Balaban J connectivity index is 1.95. The minimum atomic E-state index is -0.167. The molecule has 0 saturated carbocycles. The van der Waals surface area contributed by atoms with Crippen LogP contribution in [-0.4, -0.2) is 18.0 Å². The average Bonchev–Trinajstić information content (AvgIpc) is 2.69. The second-order valence-electron chi connectivity index (χ2n) is 4.80. The van der Waals surface area contributed by atoms with Crippen LogP contribution in [0.15, 0.2) is 21.5 Å². The van der Waals surface area contributed by atoms with Gasteiger partial charge in [-0.15, -0.1) is 0 Å². The predicted octanol–water partition coefficient (Wildman–Crippen LogP) is 3.33. The molecule has 0 bridgehead atoms. The Hall–Kier alpha value is -0.970. The maximum Gasteiger partial charge on any atom is 0.290 e. The number of halogens is 2. The molecule has 1 aromatic carbocycles. The maximum absolute atomic E-state index is 12.2. The van der Waals surface area contributed by atoms with Crippen LogP contribution >= 0.6 is 23.2 Å². The Morgan fingerprint density at radius 3 is 2.84 bits per heavy atom. The Kier molecular flexibility index (Phi) is 3.56. The molecular weight excluding hydrogens is 289 g/mol. The van der Waals surface area contributed by atoms with Crippen molar-refractivity contribution in [2.45, 2.75) is 19.4 Å². The number of hydrogen-bond acceptors (Lipinski definition) is 3. The first-order valence-electron chi connectivity index (χ1n) is 6.22. The van der Waals surface area contributed by atoms with Crippen molar-refractivity contribution >= 4 is 34.2 Å². The molecule has 1 aliphatic rings. The van der Waals surface area contributed by atoms with Crippen molar-refractivity contribution in [1.29, 1.82) is 0 Å². The fourth-order valence-corrected chi connectivity index (χ4v) is 2.69. The van der Waals surface area contributed by atoms with Gasteiger partial charge in [0, 0.05) is 18.6 Å². The number of benzene rings is 1. The van der Waals surface area contributed by atoms with E-state index in [0.29, 0.717) is 40.1 Å². The highest BCUT2D eigenvalue weighted by atomic mass is 35.5. The van der Waals surface area contributed by atoms with Crippen LogP contribution in [0.5, 0.6) is 0 Å². The summed E-state index contributed by atoms with van der Waals surface area (Å²) in [5, 5.41) is 1.21. The molecule has 0 amide bonds. The monoisotopic (exact) mass is 301 g/mol. The molecule has 0 spiro atoms. The van der Waals surface area contributed by atoms with E-state index in [4.69, 9.17) is 32.5 Å². The van der Waals surface area contributed by atoms with Crippen molar-refractivity contribution in [2.75, 3.05) is 13.2 Å². The van der Waals surface area contributed by atoms with Crippen molar-refractivity contribution < 1.29 is 9.26 Å². The van der Waals surface area contributed by atoms with E-state index in [9.17, 15) is 4.79 Å². The van der Waals surface area contributed by atoms with Crippen molar-refractivity contribution in [3.63, 3.8) is 0 Å². The van der Waals surface area contributed by atoms with E-state index in [1.54, 1.807) is 12.1 Å². The van der Waals surface area contributed by atoms with Crippen LogP contribution in [0.25, 0.3) is 11.0 Å². The molecule has 1 atom stereocenters. The third-order valence-electron chi connectivity index (χ3n) is 3.37. The zero-order chi connectivity index (χ0) is 13.4. The van der Waals surface area contributed by atoms with Gasteiger partial charge in [0.05, 0.1) is 28.6 Å². The first kappa shape index (κ1) is 13.0. The summed E-state index contributed by atoms with van der Waals surface area (Å²) >= 11 is 11.8. The molecular formula is C13H13Cl2NO3. The lowest BCUT2D eigenvalue weighted by Gasteiger charge is -2.21. The SMILES string of the molecule is O=c1c2cc(Cl)c(Cl)cc2on1CC1CCCOC1. The molecule has 1 fully saturated rings. The predicted molar refractivity (Wildman–Crippen MR) is 74.0 cm³/mol. The molecule has 1 unspecified atom stereocenters. The number of aromatic nitrogens is 1. The summed E-state index contributed by atoms with van der Waals surface area (Å²) in [4.78, 5) is 12.2. The molecule has 0 N–H and O–H groups in total. The molecule has 2 heterocycles. The fourth-order valence-electron chi connectivity index (χ4n) is 2.37. The average molecular weight is 302 g/mol. The van der Waals surface area contributed by atoms with E-state index in [1.807, 2.05) is 0 Å². The summed E-state index contributed by atoms with van der Waals surface area (Å²) in [5.41, 5.74) is 0.301. The second kappa shape index (κ2) is 5.19. The highest BCUT2D eigenvalue weighted by Crippen LogP contribution is 2.27. The summed E-state index contributed by atoms with van der Waals surface area (Å²) in [6, 6.07) is 3.13. The minimum absolute atomic E-state index is 0.167. The number of fused-ring (bicyclic) bond motifs is 1. The Labute approximate surface area is 119 Å². The lowest BCUT2D eigenvalue weighted by atomic mass is 10.0. The molecule has 19 heavy (non-hydrogen) atoms. The second-order valence-corrected chi connectivity index (χ2v) is 5.62. The molecule has 1 aromatic heterocycles. The molecule has 2 aromatic rings. The molecule has 102 valence electrons. The van der Waals surface area contributed by atoms with Gasteiger partial charge in [0.2, 0.25) is 0 Å². The van der Waals surface area contributed by atoms with Gasteiger partial charge in [-0.05, 0) is 18.9 Å². The quantitative estimate of drug-likeness (QED) is 0.854. The van der Waals surface area contributed by atoms with Crippen molar-refractivity contribution in [3.05, 3.63) is 32.5 Å². The molecule has 3 rings (SSSR count). The van der Waals surface area contributed by atoms with E-state index in [0.717, 1.165) is 19.4 Å². The van der Waals surface area contributed by atoms with Gasteiger partial charge in [-0.1, -0.05) is 23.2 Å². The van der Waals surface area contributed by atoms with Crippen LogP contribution in [0.4, 0.5) is 0 Å². The van der Waals surface area contributed by atoms with Crippen LogP contribution in [0.2, 0.25) is 10.0 Å². The van der Waals surface area contributed by atoms with Crippen LogP contribution in [0.1, 0.15) is 12.8 Å². The van der Waals surface area contributed by atoms with Gasteiger partial charge in [0.25, 0.3) is 5.56 Å². The number of ether oxygens (including phenoxy) is 1. The molecule has 0 radical (unpaired) electrons. The van der Waals surface area contributed by atoms with Crippen molar-refractivity contribution in [2.24, 2.45) is 5.92 Å². The summed E-state index contributed by atoms with van der Waals surface area (Å²) in [6.07, 6.45) is 2.07. The Bertz CT molecular complexity index is 656. The van der Waals surface area contributed by atoms with E-state index in [-0.39, 0.29) is 5.56 Å². The Morgan fingerprint density at radius 2 is 2.11 bits per heavy atom. The van der Waals surface area contributed by atoms with E-state index >= 15 is 0 Å². The molecule has 1 aliphatic heterocycles. The smallest absolute Gasteiger partial charge is 0.290 e. The van der Waals surface area contributed by atoms with Crippen LogP contribution in [-0.2, 0) is 11.3 Å². The van der Waals surface area contributed by atoms with E-state index in [2.05, 4.69) is 0 Å². The molecule has 6 heteroatoms. The standard InChI is InChI=1S/C13H13Cl2NO3/c14-10-4-9-12(5-11(10)15)19-16(13(9)17)6-8-2-1-3-18-7-8/h4-5,8H,1-3,6-7H2. The highest BCUT2D eigenvalue weighted by molar-refractivity contribution is 6.42. The van der Waals surface area contributed by atoms with Gasteiger partial charge in [0.15, 0.2) is 5.58 Å². The largest absolute Gasteiger partial charge is 0.381 e. The summed E-state index contributed by atoms with van der Waals surface area (Å²) in [5.74, 6) is 0.318. The van der Waals surface area contributed by atoms with Gasteiger partial charge in [-0.25, -0.2) is 0 Å². The molecule has 0 aliphatic carbocycles. The van der Waals surface area contributed by atoms with Gasteiger partial charge in [-0.3, -0.25) is 4.79 Å². The number of rotatable bonds is 2. The minimum Gasteiger partial charge on any atom is -0.381 e. The summed E-state index contributed by atoms with van der Waals surface area (Å²) < 4.78 is 12.3. The third kappa shape index (κ3) is 2.53. The topological polar surface area (TPSA) is 44.4 Å². The lowest BCUT2D eigenvalue weighted by molar-refractivity contribution is 0.0380. The van der Waals surface area contributed by atoms with Crippen LogP contribution in [0, 0.1) is 5.92 Å². The summed E-state index contributed by atoms with van der Waals surface area (Å²) in [7, 11) is 0. The molecule has 1 saturated heterocycles. The number of nitrogens with zero attached hydrogens (tertiary/aromatic N) is 1. The van der Waals surface area contributed by atoms with Gasteiger partial charge in [0.1, 0.15) is 0 Å². The third-order valence-corrected chi connectivity index (χ3v) is 4.09. The van der Waals surface area contributed by atoms with Crippen LogP contribution < -0.4 is 5.56 Å². The lowest BCUT2D eigenvalue weighted by Crippen LogP contribution is -2.26. The van der Waals surface area contributed by atoms with Crippen molar-refractivity contribution in [1.82, 2.24) is 4.74 Å².